The lowest BCUT2D eigenvalue weighted by molar-refractivity contribution is 0.117. The van der Waals surface area contributed by atoms with Gasteiger partial charge < -0.3 is 14.6 Å². The van der Waals surface area contributed by atoms with Gasteiger partial charge in [-0.1, -0.05) is 0 Å². The number of carbonyl (C=O) groups is 1. The number of hydrogen-bond donors (Lipinski definition) is 1. The Morgan fingerprint density at radius 3 is 2.52 bits per heavy atom. The standard InChI is InChI=1S/C24H35FN4O2/c1-16-5-6-17(2)29(16)14-11-27-9-12-28(13-10-27)24(30)26-19(4)23-18(3)21-15-20(25)7-8-22(21)31-23/h7-8,15-17,19H,5-6,9-14H2,1-4H3,(H,26,30). The number of nitrogens with zero attached hydrogens (tertiary/aromatic N) is 3. The smallest absolute Gasteiger partial charge is 0.318 e. The Hall–Kier alpha value is -2.12. The van der Waals surface area contributed by atoms with Gasteiger partial charge in [0.25, 0.3) is 0 Å². The Labute approximate surface area is 184 Å². The first-order chi connectivity index (χ1) is 14.8. The summed E-state index contributed by atoms with van der Waals surface area (Å²) in [5.41, 5.74) is 1.52. The highest BCUT2D eigenvalue weighted by molar-refractivity contribution is 5.82. The van der Waals surface area contributed by atoms with Crippen LogP contribution in [0.25, 0.3) is 11.0 Å². The van der Waals surface area contributed by atoms with Gasteiger partial charge in [0.15, 0.2) is 0 Å². The van der Waals surface area contributed by atoms with Gasteiger partial charge in [0.2, 0.25) is 0 Å². The molecule has 0 radical (unpaired) electrons. The monoisotopic (exact) mass is 430 g/mol. The van der Waals surface area contributed by atoms with E-state index in [1.807, 2.05) is 18.7 Å². The second-order valence-electron chi connectivity index (χ2n) is 9.24. The van der Waals surface area contributed by atoms with Crippen LogP contribution in [0.5, 0.6) is 0 Å². The highest BCUT2D eigenvalue weighted by Gasteiger charge is 2.28. The zero-order valence-corrected chi connectivity index (χ0v) is 19.2. The van der Waals surface area contributed by atoms with Crippen LogP contribution < -0.4 is 5.32 Å². The second kappa shape index (κ2) is 9.17. The molecular formula is C24H35FN4O2. The van der Waals surface area contributed by atoms with Crippen LogP contribution in [0.4, 0.5) is 9.18 Å². The zero-order valence-electron chi connectivity index (χ0n) is 19.2. The fraction of sp³-hybridized carbons (Fsp3) is 0.625. The average Bonchev–Trinajstić information content (AvgIpc) is 3.25. The Morgan fingerprint density at radius 1 is 1.16 bits per heavy atom. The van der Waals surface area contributed by atoms with Crippen molar-refractivity contribution in [2.45, 2.75) is 58.7 Å². The maximum atomic E-state index is 13.6. The molecule has 0 saturated carbocycles. The number of furan rings is 1. The van der Waals surface area contributed by atoms with Gasteiger partial charge in [-0.15, -0.1) is 0 Å². The van der Waals surface area contributed by atoms with E-state index in [-0.39, 0.29) is 17.9 Å². The number of piperazine rings is 1. The molecule has 1 N–H and O–H groups in total. The number of fused-ring (bicyclic) bond motifs is 1. The Bertz CT molecular complexity index is 912. The molecule has 6 nitrogen and oxygen atoms in total. The first kappa shape index (κ1) is 22.1. The Balaban J connectivity index is 1.28. The number of likely N-dealkylation sites (tertiary alicyclic amines) is 1. The number of nitrogens with one attached hydrogen (secondary N) is 1. The molecule has 31 heavy (non-hydrogen) atoms. The Kier molecular flexibility index (Phi) is 6.53. The van der Waals surface area contributed by atoms with E-state index < -0.39 is 0 Å². The topological polar surface area (TPSA) is 52.0 Å². The SMILES string of the molecule is Cc1c(C(C)NC(=O)N2CCN(CCN3C(C)CCC3C)CC2)oc2ccc(F)cc12. The molecule has 0 bridgehead atoms. The van der Waals surface area contributed by atoms with Crippen LogP contribution in [0, 0.1) is 12.7 Å². The van der Waals surface area contributed by atoms with Gasteiger partial charge in [0.05, 0.1) is 6.04 Å². The van der Waals surface area contributed by atoms with Crippen molar-refractivity contribution in [2.75, 3.05) is 39.3 Å². The largest absolute Gasteiger partial charge is 0.459 e. The lowest BCUT2D eigenvalue weighted by Crippen LogP contribution is -2.53. The predicted octanol–water partition coefficient (Wildman–Crippen LogP) is 4.14. The molecule has 0 spiro atoms. The van der Waals surface area contributed by atoms with Gasteiger partial charge in [-0.3, -0.25) is 9.80 Å². The van der Waals surface area contributed by atoms with Gasteiger partial charge in [-0.05, 0) is 58.7 Å². The van der Waals surface area contributed by atoms with Crippen molar-refractivity contribution in [1.82, 2.24) is 20.0 Å². The summed E-state index contributed by atoms with van der Waals surface area (Å²) in [5, 5.41) is 3.81. The molecule has 170 valence electrons. The van der Waals surface area contributed by atoms with E-state index in [0.717, 1.165) is 50.2 Å². The molecule has 7 heteroatoms. The van der Waals surface area contributed by atoms with Crippen LogP contribution in [-0.2, 0) is 0 Å². The molecule has 2 aliphatic rings. The lowest BCUT2D eigenvalue weighted by atomic mass is 10.1. The summed E-state index contributed by atoms with van der Waals surface area (Å²) in [6, 6.07) is 5.53. The quantitative estimate of drug-likeness (QED) is 0.775. The van der Waals surface area contributed by atoms with E-state index in [2.05, 4.69) is 29.0 Å². The number of rotatable bonds is 5. The third-order valence-corrected chi connectivity index (χ3v) is 7.14. The molecule has 1 aromatic carbocycles. The molecule has 2 amide bonds. The molecule has 2 saturated heterocycles. The van der Waals surface area contributed by atoms with Crippen molar-refractivity contribution in [2.24, 2.45) is 0 Å². The van der Waals surface area contributed by atoms with Crippen molar-refractivity contribution in [3.05, 3.63) is 35.3 Å². The number of urea groups is 1. The average molecular weight is 431 g/mol. The normalized spacial score (nSPS) is 24.1. The maximum Gasteiger partial charge on any atom is 0.318 e. The first-order valence-corrected chi connectivity index (χ1v) is 11.6. The summed E-state index contributed by atoms with van der Waals surface area (Å²) in [7, 11) is 0. The number of hydrogen-bond acceptors (Lipinski definition) is 4. The summed E-state index contributed by atoms with van der Waals surface area (Å²) in [6.45, 7) is 13.9. The Morgan fingerprint density at radius 2 is 1.84 bits per heavy atom. The lowest BCUT2D eigenvalue weighted by Gasteiger charge is -2.36. The molecule has 2 fully saturated rings. The molecule has 3 atom stereocenters. The number of amides is 2. The summed E-state index contributed by atoms with van der Waals surface area (Å²) >= 11 is 0. The van der Waals surface area contributed by atoms with Gasteiger partial charge in [-0.2, -0.15) is 0 Å². The van der Waals surface area contributed by atoms with Crippen LogP contribution in [-0.4, -0.2) is 72.1 Å². The van der Waals surface area contributed by atoms with Crippen LogP contribution in [0.15, 0.2) is 22.6 Å². The van der Waals surface area contributed by atoms with Crippen LogP contribution >= 0.6 is 0 Å². The highest BCUT2D eigenvalue weighted by Crippen LogP contribution is 2.30. The summed E-state index contributed by atoms with van der Waals surface area (Å²) < 4.78 is 19.5. The van der Waals surface area contributed by atoms with Crippen LogP contribution in [0.3, 0.4) is 0 Å². The van der Waals surface area contributed by atoms with Crippen molar-refractivity contribution >= 4 is 17.0 Å². The highest BCUT2D eigenvalue weighted by atomic mass is 19.1. The predicted molar refractivity (Wildman–Crippen MR) is 121 cm³/mol. The third-order valence-electron chi connectivity index (χ3n) is 7.14. The molecule has 1 aromatic heterocycles. The molecule has 2 aromatic rings. The number of aryl methyl sites for hydroxylation is 1. The van der Waals surface area contributed by atoms with E-state index in [0.29, 0.717) is 23.4 Å². The number of halogens is 1. The fourth-order valence-electron chi connectivity index (χ4n) is 5.09. The number of benzene rings is 1. The summed E-state index contributed by atoms with van der Waals surface area (Å²) in [5.74, 6) is 0.396. The van der Waals surface area contributed by atoms with E-state index in [9.17, 15) is 9.18 Å². The summed E-state index contributed by atoms with van der Waals surface area (Å²) in [6.07, 6.45) is 2.60. The van der Waals surface area contributed by atoms with Gasteiger partial charge in [-0.25, -0.2) is 9.18 Å². The van der Waals surface area contributed by atoms with E-state index in [1.165, 1.54) is 25.0 Å². The minimum Gasteiger partial charge on any atom is -0.459 e. The van der Waals surface area contributed by atoms with Gasteiger partial charge in [0, 0.05) is 62.3 Å². The molecule has 3 heterocycles. The molecule has 3 unspecified atom stereocenters. The van der Waals surface area contributed by atoms with Crippen molar-refractivity contribution in [3.8, 4) is 0 Å². The van der Waals surface area contributed by atoms with Crippen molar-refractivity contribution < 1.29 is 13.6 Å². The molecular weight excluding hydrogens is 395 g/mol. The third kappa shape index (κ3) is 4.72. The van der Waals surface area contributed by atoms with Crippen LogP contribution in [0.2, 0.25) is 0 Å². The molecule has 0 aliphatic carbocycles. The summed E-state index contributed by atoms with van der Waals surface area (Å²) in [4.78, 5) is 19.8. The van der Waals surface area contributed by atoms with Crippen molar-refractivity contribution in [3.63, 3.8) is 0 Å². The second-order valence-corrected chi connectivity index (χ2v) is 9.24. The zero-order chi connectivity index (χ0) is 22.1. The fourth-order valence-corrected chi connectivity index (χ4v) is 5.09. The maximum absolute atomic E-state index is 13.6. The van der Waals surface area contributed by atoms with Gasteiger partial charge >= 0.3 is 6.03 Å². The molecule has 2 aliphatic heterocycles. The van der Waals surface area contributed by atoms with Crippen LogP contribution in [0.1, 0.15) is 51.0 Å². The van der Waals surface area contributed by atoms with Gasteiger partial charge in [0.1, 0.15) is 17.2 Å². The number of carbonyl (C=O) groups excluding carboxylic acids is 1. The minimum absolute atomic E-state index is 0.0695. The van der Waals surface area contributed by atoms with E-state index >= 15 is 0 Å². The minimum atomic E-state index is -0.286. The van der Waals surface area contributed by atoms with Crippen molar-refractivity contribution in [1.29, 1.82) is 0 Å². The van der Waals surface area contributed by atoms with E-state index in [1.54, 1.807) is 6.07 Å². The first-order valence-electron chi connectivity index (χ1n) is 11.6. The molecule has 4 rings (SSSR count). The van der Waals surface area contributed by atoms with E-state index in [4.69, 9.17) is 4.42 Å².